The number of H-pyrrole nitrogens is 1. The van der Waals surface area contributed by atoms with E-state index < -0.39 is 0 Å². The number of aromatic hydroxyl groups is 1. The van der Waals surface area contributed by atoms with E-state index in [0.29, 0.717) is 44.7 Å². The Labute approximate surface area is 228 Å². The number of hydrogen-bond donors (Lipinski definition) is 4. The van der Waals surface area contributed by atoms with E-state index in [-0.39, 0.29) is 28.4 Å². The number of phenols is 1. The summed E-state index contributed by atoms with van der Waals surface area (Å²) in [5.74, 6) is 0.0256. The van der Waals surface area contributed by atoms with Gasteiger partial charge in [-0.3, -0.25) is 9.59 Å². The van der Waals surface area contributed by atoms with Gasteiger partial charge < -0.3 is 25.6 Å². The van der Waals surface area contributed by atoms with Crippen molar-refractivity contribution in [3.8, 4) is 5.75 Å². The summed E-state index contributed by atoms with van der Waals surface area (Å²) in [4.78, 5) is 29.5. The molecule has 0 saturated carbocycles. The molecule has 0 aliphatic rings. The molecule has 0 fully saturated rings. The molecule has 0 atom stereocenters. The Morgan fingerprint density at radius 3 is 2.53 bits per heavy atom. The number of aromatic amines is 1. The first-order valence-electron chi connectivity index (χ1n) is 13.7. The van der Waals surface area contributed by atoms with Gasteiger partial charge in [0, 0.05) is 32.1 Å². The van der Waals surface area contributed by atoms with E-state index in [1.165, 1.54) is 6.07 Å². The van der Waals surface area contributed by atoms with Gasteiger partial charge in [0.25, 0.3) is 0 Å². The predicted molar refractivity (Wildman–Crippen MR) is 154 cm³/mol. The first kappa shape index (κ1) is 29.8. The number of carbonyl (C=O) groups excluding carboxylic acids is 1. The van der Waals surface area contributed by atoms with Crippen LogP contribution in [-0.2, 0) is 17.6 Å². The Morgan fingerprint density at radius 2 is 1.79 bits per heavy atom. The molecule has 0 bridgehead atoms. The zero-order valence-electron chi connectivity index (χ0n) is 22.5. The lowest BCUT2D eigenvalue weighted by molar-refractivity contribution is -0.133. The lowest BCUT2D eigenvalue weighted by Gasteiger charge is -2.32. The number of fused-ring (bicyclic) bond motifs is 1. The van der Waals surface area contributed by atoms with Crippen molar-refractivity contribution in [2.24, 2.45) is 0 Å². The third-order valence-electron chi connectivity index (χ3n) is 6.74. The van der Waals surface area contributed by atoms with E-state index in [4.69, 9.17) is 0 Å². The number of aromatic nitrogens is 1. The van der Waals surface area contributed by atoms with Gasteiger partial charge in [0.05, 0.1) is 4.70 Å². The third-order valence-corrected chi connectivity index (χ3v) is 7.70. The lowest BCUT2D eigenvalue weighted by atomic mass is 10.0. The normalized spacial score (nSPS) is 11.5. The van der Waals surface area contributed by atoms with Crippen LogP contribution in [0.4, 0.5) is 4.39 Å². The molecule has 0 aliphatic carbocycles. The number of rotatable bonds is 17. The monoisotopic (exact) mass is 544 g/mol. The average Bonchev–Trinajstić information content (AvgIpc) is 3.29. The van der Waals surface area contributed by atoms with Crippen LogP contribution in [0.25, 0.3) is 10.2 Å². The van der Waals surface area contributed by atoms with E-state index in [1.807, 2.05) is 17.0 Å². The topological polar surface area (TPSA) is 97.5 Å². The minimum absolute atomic E-state index is 0.0885. The number of phenolic OH excluding ortho intramolecular Hbond substituents is 1. The molecule has 38 heavy (non-hydrogen) atoms. The van der Waals surface area contributed by atoms with Crippen molar-refractivity contribution >= 4 is 27.5 Å². The Bertz CT molecular complexity index is 1210. The maximum atomic E-state index is 13.4. The van der Waals surface area contributed by atoms with Gasteiger partial charge in [-0.25, -0.2) is 4.39 Å². The van der Waals surface area contributed by atoms with Crippen molar-refractivity contribution in [2.75, 3.05) is 32.7 Å². The van der Waals surface area contributed by atoms with Crippen LogP contribution in [0.5, 0.6) is 5.75 Å². The summed E-state index contributed by atoms with van der Waals surface area (Å²) in [6.45, 7) is 7.66. The molecule has 9 heteroatoms. The number of hydrogen-bond acceptors (Lipinski definition) is 6. The molecule has 0 unspecified atom stereocenters. The maximum Gasteiger partial charge on any atom is 0.305 e. The zero-order valence-corrected chi connectivity index (χ0v) is 23.3. The Balaban J connectivity index is 1.47. The SMILES string of the molecule is CCCC(CCC)N(CCNCCc1ccc(O)c2[nH]c(=O)sc12)C(=O)CCNCCc1cccc(F)c1. The highest BCUT2D eigenvalue weighted by Crippen LogP contribution is 2.27. The molecular formula is C29H41FN4O3S. The minimum Gasteiger partial charge on any atom is -0.506 e. The predicted octanol–water partition coefficient (Wildman–Crippen LogP) is 4.59. The van der Waals surface area contributed by atoms with Gasteiger partial charge in [0.15, 0.2) is 0 Å². The van der Waals surface area contributed by atoms with Crippen molar-refractivity contribution in [3.63, 3.8) is 0 Å². The quantitative estimate of drug-likeness (QED) is 0.187. The van der Waals surface area contributed by atoms with Crippen molar-refractivity contribution in [3.05, 3.63) is 63.0 Å². The molecule has 0 aliphatic heterocycles. The van der Waals surface area contributed by atoms with Gasteiger partial charge in [0.2, 0.25) is 5.91 Å². The highest BCUT2D eigenvalue weighted by molar-refractivity contribution is 7.16. The fourth-order valence-electron chi connectivity index (χ4n) is 4.84. The molecule has 0 saturated heterocycles. The molecule has 3 rings (SSSR count). The van der Waals surface area contributed by atoms with Crippen molar-refractivity contribution < 1.29 is 14.3 Å². The second kappa shape index (κ2) is 15.6. The Kier molecular flexibility index (Phi) is 12.2. The summed E-state index contributed by atoms with van der Waals surface area (Å²) in [6.07, 6.45) is 5.93. The molecule has 208 valence electrons. The number of carbonyl (C=O) groups is 1. The third kappa shape index (κ3) is 8.92. The van der Waals surface area contributed by atoms with Crippen LogP contribution in [0.1, 0.15) is 57.1 Å². The maximum absolute atomic E-state index is 13.4. The van der Waals surface area contributed by atoms with E-state index >= 15 is 0 Å². The molecule has 2 aromatic carbocycles. The largest absolute Gasteiger partial charge is 0.506 e. The summed E-state index contributed by atoms with van der Waals surface area (Å²) >= 11 is 1.12. The van der Waals surface area contributed by atoms with Crippen molar-refractivity contribution in [2.45, 2.75) is 64.8 Å². The van der Waals surface area contributed by atoms with Gasteiger partial charge in [-0.2, -0.15) is 0 Å². The minimum atomic E-state index is -0.224. The molecular weight excluding hydrogens is 503 g/mol. The van der Waals surface area contributed by atoms with E-state index in [2.05, 4.69) is 29.5 Å². The number of nitrogens with one attached hydrogen (secondary N) is 3. The second-order valence-corrected chi connectivity index (χ2v) is 10.6. The molecule has 1 aromatic heterocycles. The molecule has 1 amide bonds. The zero-order chi connectivity index (χ0) is 27.3. The van der Waals surface area contributed by atoms with Crippen LogP contribution in [0.2, 0.25) is 0 Å². The first-order valence-corrected chi connectivity index (χ1v) is 14.5. The molecule has 7 nitrogen and oxygen atoms in total. The highest BCUT2D eigenvalue weighted by atomic mass is 32.1. The van der Waals surface area contributed by atoms with Crippen LogP contribution >= 0.6 is 11.3 Å². The number of nitrogens with zero attached hydrogens (tertiary/aromatic N) is 1. The van der Waals surface area contributed by atoms with Crippen LogP contribution in [-0.4, -0.2) is 59.7 Å². The van der Waals surface area contributed by atoms with Crippen molar-refractivity contribution in [1.29, 1.82) is 0 Å². The van der Waals surface area contributed by atoms with Gasteiger partial charge in [-0.05, 0) is 68.1 Å². The molecule has 3 aromatic rings. The van der Waals surface area contributed by atoms with Crippen LogP contribution < -0.4 is 15.5 Å². The van der Waals surface area contributed by atoms with E-state index in [1.54, 1.807) is 18.2 Å². The van der Waals surface area contributed by atoms with Crippen molar-refractivity contribution in [1.82, 2.24) is 20.5 Å². The van der Waals surface area contributed by atoms with Crippen LogP contribution in [0.3, 0.4) is 0 Å². The van der Waals surface area contributed by atoms with Gasteiger partial charge in [-0.15, -0.1) is 0 Å². The number of benzene rings is 2. The number of halogens is 1. The van der Waals surface area contributed by atoms with Gasteiger partial charge in [-0.1, -0.05) is 56.2 Å². The summed E-state index contributed by atoms with van der Waals surface area (Å²) in [7, 11) is 0. The fraction of sp³-hybridized carbons (Fsp3) is 0.517. The lowest BCUT2D eigenvalue weighted by Crippen LogP contribution is -2.45. The van der Waals surface area contributed by atoms with Gasteiger partial charge in [0.1, 0.15) is 17.1 Å². The summed E-state index contributed by atoms with van der Waals surface area (Å²) < 4.78 is 14.2. The standard InChI is InChI=1S/C29H41FN4O3S/c1-3-6-24(7-4-2)34(26(36)14-17-31-15-12-21-8-5-9-23(30)20-21)19-18-32-16-13-22-10-11-25(35)27-28(22)38-29(37)33-27/h5,8-11,20,24,31-32,35H,3-4,6-7,12-19H2,1-2H3,(H,33,37). The molecule has 0 spiro atoms. The van der Waals surface area contributed by atoms with E-state index in [9.17, 15) is 19.1 Å². The number of amides is 1. The second-order valence-electron chi connectivity index (χ2n) is 9.66. The fourth-order valence-corrected chi connectivity index (χ4v) is 5.74. The first-order chi connectivity index (χ1) is 18.4. The smallest absolute Gasteiger partial charge is 0.305 e. The Morgan fingerprint density at radius 1 is 1.05 bits per heavy atom. The highest BCUT2D eigenvalue weighted by Gasteiger charge is 2.21. The van der Waals surface area contributed by atoms with Gasteiger partial charge >= 0.3 is 4.87 Å². The summed E-state index contributed by atoms with van der Waals surface area (Å²) in [5.41, 5.74) is 2.46. The van der Waals surface area contributed by atoms with E-state index in [0.717, 1.165) is 65.7 Å². The number of thiazole rings is 1. The van der Waals surface area contributed by atoms with Crippen LogP contribution in [0, 0.1) is 5.82 Å². The molecule has 1 heterocycles. The van der Waals surface area contributed by atoms with Crippen LogP contribution in [0.15, 0.2) is 41.2 Å². The average molecular weight is 545 g/mol. The summed E-state index contributed by atoms with van der Waals surface area (Å²) in [5, 5.41) is 16.8. The Hall–Kier alpha value is -2.75. The molecule has 4 N–H and O–H groups in total. The molecule has 0 radical (unpaired) electrons. The summed E-state index contributed by atoms with van der Waals surface area (Å²) in [6, 6.07) is 10.3.